The van der Waals surface area contributed by atoms with Crippen LogP contribution in [0.2, 0.25) is 0 Å². The van der Waals surface area contributed by atoms with Gasteiger partial charge in [0.1, 0.15) is 0 Å². The van der Waals surface area contributed by atoms with Gasteiger partial charge in [-0.15, -0.1) is 0 Å². The van der Waals surface area contributed by atoms with Gasteiger partial charge in [0.25, 0.3) is 0 Å². The van der Waals surface area contributed by atoms with Gasteiger partial charge in [-0.05, 0) is 47.6 Å². The summed E-state index contributed by atoms with van der Waals surface area (Å²) in [4.78, 5) is 15.6. The number of halogens is 1. The number of likely N-dealkylation sites (N-methyl/N-ethyl adjacent to an activating group) is 1. The van der Waals surface area contributed by atoms with E-state index < -0.39 is 11.9 Å². The Hall–Kier alpha value is -1.07. The molecule has 5 heteroatoms. The summed E-state index contributed by atoms with van der Waals surface area (Å²) in [5.74, 6) is -1.27. The molecule has 1 aromatic rings. The van der Waals surface area contributed by atoms with Crippen LogP contribution in [-0.4, -0.2) is 49.2 Å². The van der Waals surface area contributed by atoms with Crippen molar-refractivity contribution in [3.05, 3.63) is 28.2 Å². The zero-order valence-corrected chi connectivity index (χ0v) is 12.9. The summed E-state index contributed by atoms with van der Waals surface area (Å²) in [6.07, 6.45) is 0. The number of aliphatic carboxylic acids is 1. The van der Waals surface area contributed by atoms with Crippen LogP contribution in [0.3, 0.4) is 0 Å². The molecule has 1 heterocycles. The summed E-state index contributed by atoms with van der Waals surface area (Å²) in [6.45, 7) is 5.82. The third-order valence-electron chi connectivity index (χ3n) is 3.69. The molecule has 4 nitrogen and oxygen atoms in total. The quantitative estimate of drug-likeness (QED) is 0.926. The van der Waals surface area contributed by atoms with Gasteiger partial charge in [0.15, 0.2) is 0 Å². The predicted molar refractivity (Wildman–Crippen MR) is 79.9 cm³/mol. The molecule has 1 aliphatic heterocycles. The third-order valence-corrected chi connectivity index (χ3v) is 4.32. The number of carboxylic acids is 1. The van der Waals surface area contributed by atoms with Gasteiger partial charge in [-0.25, -0.2) is 0 Å². The van der Waals surface area contributed by atoms with Crippen LogP contribution in [0.15, 0.2) is 22.7 Å². The second-order valence-corrected chi connectivity index (χ2v) is 5.92. The molecule has 1 aliphatic rings. The fraction of sp³-hybridized carbons (Fsp3) is 0.500. The number of piperazine rings is 1. The molecule has 1 fully saturated rings. The van der Waals surface area contributed by atoms with Crippen LogP contribution in [0.1, 0.15) is 18.4 Å². The number of benzene rings is 1. The van der Waals surface area contributed by atoms with E-state index in [-0.39, 0.29) is 0 Å². The van der Waals surface area contributed by atoms with Gasteiger partial charge in [-0.2, -0.15) is 0 Å². The maximum absolute atomic E-state index is 11.0. The second kappa shape index (κ2) is 5.92. The number of hydrogen-bond donors (Lipinski definition) is 1. The molecule has 0 saturated carbocycles. The van der Waals surface area contributed by atoms with Gasteiger partial charge in [0.05, 0.1) is 11.6 Å². The van der Waals surface area contributed by atoms with Crippen molar-refractivity contribution in [2.45, 2.75) is 12.8 Å². The standard InChI is InChI=1S/C14H19BrN2O2/c1-10(14(18)19)11-3-4-13(12(15)9-11)17-7-5-16(2)6-8-17/h3-4,9-10H,5-8H2,1-2H3,(H,18,19). The smallest absolute Gasteiger partial charge is 0.310 e. The van der Waals surface area contributed by atoms with Gasteiger partial charge < -0.3 is 14.9 Å². The Balaban J connectivity index is 2.17. The maximum atomic E-state index is 11.0. The highest BCUT2D eigenvalue weighted by atomic mass is 79.9. The minimum Gasteiger partial charge on any atom is -0.481 e. The number of hydrogen-bond acceptors (Lipinski definition) is 3. The first-order valence-corrected chi connectivity index (χ1v) is 7.24. The van der Waals surface area contributed by atoms with Crippen LogP contribution in [-0.2, 0) is 4.79 Å². The maximum Gasteiger partial charge on any atom is 0.310 e. The van der Waals surface area contributed by atoms with E-state index in [0.717, 1.165) is 41.9 Å². The second-order valence-electron chi connectivity index (χ2n) is 5.06. The Morgan fingerprint density at radius 3 is 2.47 bits per heavy atom. The Bertz CT molecular complexity index is 471. The summed E-state index contributed by atoms with van der Waals surface area (Å²) in [5, 5.41) is 9.04. The summed E-state index contributed by atoms with van der Waals surface area (Å²) in [5.41, 5.74) is 1.98. The molecule has 0 aliphatic carbocycles. The molecule has 1 saturated heterocycles. The van der Waals surface area contributed by atoms with Crippen LogP contribution in [0.25, 0.3) is 0 Å². The molecular formula is C14H19BrN2O2. The number of carboxylic acid groups (broad SMARTS) is 1. The molecule has 104 valence electrons. The Morgan fingerprint density at radius 1 is 1.32 bits per heavy atom. The van der Waals surface area contributed by atoms with Gasteiger partial charge in [0.2, 0.25) is 0 Å². The van der Waals surface area contributed by atoms with Crippen molar-refractivity contribution in [2.75, 3.05) is 38.1 Å². The number of rotatable bonds is 3. The van der Waals surface area contributed by atoms with E-state index in [9.17, 15) is 4.79 Å². The Kier molecular flexibility index (Phi) is 4.47. The molecule has 1 unspecified atom stereocenters. The lowest BCUT2D eigenvalue weighted by Gasteiger charge is -2.34. The van der Waals surface area contributed by atoms with E-state index in [0.29, 0.717) is 0 Å². The first-order chi connectivity index (χ1) is 8.99. The van der Waals surface area contributed by atoms with E-state index in [1.54, 1.807) is 6.92 Å². The molecule has 2 rings (SSSR count). The topological polar surface area (TPSA) is 43.8 Å². The largest absolute Gasteiger partial charge is 0.481 e. The van der Waals surface area contributed by atoms with Crippen molar-refractivity contribution in [3.63, 3.8) is 0 Å². The lowest BCUT2D eigenvalue weighted by Crippen LogP contribution is -2.44. The lowest BCUT2D eigenvalue weighted by atomic mass is 10.0. The number of anilines is 1. The van der Waals surface area contributed by atoms with E-state index >= 15 is 0 Å². The summed E-state index contributed by atoms with van der Waals surface area (Å²) in [6, 6.07) is 5.85. The molecule has 0 spiro atoms. The third kappa shape index (κ3) is 3.28. The fourth-order valence-corrected chi connectivity index (χ4v) is 2.89. The summed E-state index contributed by atoms with van der Waals surface area (Å²) in [7, 11) is 2.13. The molecule has 0 bridgehead atoms. The zero-order chi connectivity index (χ0) is 14.0. The van der Waals surface area contributed by atoms with Gasteiger partial charge in [-0.1, -0.05) is 6.07 Å². The van der Waals surface area contributed by atoms with Gasteiger partial charge in [-0.3, -0.25) is 4.79 Å². The van der Waals surface area contributed by atoms with Crippen molar-refractivity contribution in [3.8, 4) is 0 Å². The molecule has 0 radical (unpaired) electrons. The normalized spacial score (nSPS) is 18.4. The minimum absolute atomic E-state index is 0.474. The molecule has 0 amide bonds. The fourth-order valence-electron chi connectivity index (χ4n) is 2.24. The first kappa shape index (κ1) is 14.3. The summed E-state index contributed by atoms with van der Waals surface area (Å²) >= 11 is 3.57. The van der Waals surface area contributed by atoms with E-state index in [1.807, 2.05) is 18.2 Å². The van der Waals surface area contributed by atoms with Crippen molar-refractivity contribution in [1.29, 1.82) is 0 Å². The van der Waals surface area contributed by atoms with E-state index in [1.165, 1.54) is 0 Å². The van der Waals surface area contributed by atoms with Gasteiger partial charge in [0, 0.05) is 30.7 Å². The molecule has 0 aromatic heterocycles. The van der Waals surface area contributed by atoms with Crippen LogP contribution in [0, 0.1) is 0 Å². The van der Waals surface area contributed by atoms with Crippen LogP contribution in [0.4, 0.5) is 5.69 Å². The Labute approximate surface area is 122 Å². The zero-order valence-electron chi connectivity index (χ0n) is 11.3. The monoisotopic (exact) mass is 326 g/mol. The van der Waals surface area contributed by atoms with Crippen molar-refractivity contribution < 1.29 is 9.90 Å². The van der Waals surface area contributed by atoms with Crippen molar-refractivity contribution >= 4 is 27.6 Å². The van der Waals surface area contributed by atoms with Crippen LogP contribution in [0.5, 0.6) is 0 Å². The summed E-state index contributed by atoms with van der Waals surface area (Å²) < 4.78 is 0.975. The molecule has 1 aromatic carbocycles. The average molecular weight is 327 g/mol. The predicted octanol–water partition coefficient (Wildman–Crippen LogP) is 2.39. The number of carbonyl (C=O) groups is 1. The highest BCUT2D eigenvalue weighted by molar-refractivity contribution is 9.10. The van der Waals surface area contributed by atoms with E-state index in [4.69, 9.17) is 5.11 Å². The minimum atomic E-state index is -0.792. The van der Waals surface area contributed by atoms with Crippen molar-refractivity contribution in [1.82, 2.24) is 4.90 Å². The lowest BCUT2D eigenvalue weighted by molar-refractivity contribution is -0.138. The van der Waals surface area contributed by atoms with Crippen LogP contribution >= 0.6 is 15.9 Å². The molecule has 1 atom stereocenters. The Morgan fingerprint density at radius 2 is 1.95 bits per heavy atom. The molecular weight excluding hydrogens is 308 g/mol. The molecule has 19 heavy (non-hydrogen) atoms. The first-order valence-electron chi connectivity index (χ1n) is 6.45. The highest BCUT2D eigenvalue weighted by Gasteiger charge is 2.19. The van der Waals surface area contributed by atoms with E-state index in [2.05, 4.69) is 32.8 Å². The average Bonchev–Trinajstić information content (AvgIpc) is 2.39. The van der Waals surface area contributed by atoms with Gasteiger partial charge >= 0.3 is 5.97 Å². The van der Waals surface area contributed by atoms with Crippen molar-refractivity contribution in [2.24, 2.45) is 0 Å². The SMILES string of the molecule is CC(C(=O)O)c1ccc(N2CCN(C)CC2)c(Br)c1. The highest BCUT2D eigenvalue weighted by Crippen LogP contribution is 2.30. The number of nitrogens with zero attached hydrogens (tertiary/aromatic N) is 2. The molecule has 1 N–H and O–H groups in total. The van der Waals surface area contributed by atoms with Crippen LogP contribution < -0.4 is 4.90 Å².